The Bertz CT molecular complexity index is 373. The van der Waals surface area contributed by atoms with Gasteiger partial charge in [-0.3, -0.25) is 0 Å². The molecule has 1 aromatic rings. The third-order valence-electron chi connectivity index (χ3n) is 2.74. The van der Waals surface area contributed by atoms with Crippen molar-refractivity contribution in [3.05, 3.63) is 24.3 Å². The summed E-state index contributed by atoms with van der Waals surface area (Å²) in [6.45, 7) is 0. The van der Waals surface area contributed by atoms with E-state index in [9.17, 15) is 0 Å². The number of ether oxygens (including phenoxy) is 2. The summed E-state index contributed by atoms with van der Waals surface area (Å²) in [6.07, 6.45) is 2.87. The average molecular weight is 200 g/mol. The number of rotatable bonds is 0. The molecular formula is C13H12O2. The topological polar surface area (TPSA) is 18.5 Å². The zero-order valence-electron chi connectivity index (χ0n) is 8.40. The van der Waals surface area contributed by atoms with E-state index in [1.54, 1.807) is 0 Å². The molecule has 0 amide bonds. The summed E-state index contributed by atoms with van der Waals surface area (Å²) in [5.74, 6) is 8.08. The first-order chi connectivity index (χ1) is 7.40. The third kappa shape index (κ3) is 1.78. The predicted molar refractivity (Wildman–Crippen MR) is 56.9 cm³/mol. The smallest absolute Gasteiger partial charge is 0.120 e. The fraction of sp³-hybridized carbons (Fsp3) is 0.385. The molecule has 2 atom stereocenters. The fourth-order valence-corrected chi connectivity index (χ4v) is 1.99. The van der Waals surface area contributed by atoms with E-state index in [2.05, 4.69) is 11.8 Å². The van der Waals surface area contributed by atoms with E-state index < -0.39 is 0 Å². The molecule has 0 saturated carbocycles. The summed E-state index contributed by atoms with van der Waals surface area (Å²) < 4.78 is 11.7. The van der Waals surface area contributed by atoms with Crippen LogP contribution in [0.5, 0.6) is 11.5 Å². The van der Waals surface area contributed by atoms with Crippen LogP contribution in [-0.4, -0.2) is 12.2 Å². The first-order valence-electron chi connectivity index (χ1n) is 5.29. The summed E-state index contributed by atoms with van der Waals surface area (Å²) in [7, 11) is 0. The van der Waals surface area contributed by atoms with Crippen LogP contribution in [-0.2, 0) is 0 Å². The van der Waals surface area contributed by atoms with E-state index in [0.717, 1.165) is 30.8 Å². The van der Waals surface area contributed by atoms with Crippen LogP contribution in [0.2, 0.25) is 0 Å². The summed E-state index contributed by atoms with van der Waals surface area (Å²) in [4.78, 5) is 0. The SMILES string of the molecule is C1#CC[C@H]2C[C@@H](C1)Oc1ccc(cc1)O2. The molecule has 2 aliphatic heterocycles. The van der Waals surface area contributed by atoms with E-state index in [4.69, 9.17) is 9.47 Å². The van der Waals surface area contributed by atoms with Gasteiger partial charge in [-0.05, 0) is 24.3 Å². The van der Waals surface area contributed by atoms with Crippen molar-refractivity contribution in [1.82, 2.24) is 0 Å². The van der Waals surface area contributed by atoms with Gasteiger partial charge in [0.15, 0.2) is 0 Å². The van der Waals surface area contributed by atoms with Gasteiger partial charge < -0.3 is 9.47 Å². The van der Waals surface area contributed by atoms with Crippen LogP contribution in [0.15, 0.2) is 24.3 Å². The van der Waals surface area contributed by atoms with E-state index in [1.807, 2.05) is 24.3 Å². The Morgan fingerprint density at radius 3 is 1.80 bits per heavy atom. The van der Waals surface area contributed by atoms with Crippen molar-refractivity contribution in [3.8, 4) is 23.3 Å². The Labute approximate surface area is 89.2 Å². The van der Waals surface area contributed by atoms with Gasteiger partial charge in [0.2, 0.25) is 0 Å². The number of hydrogen-bond acceptors (Lipinski definition) is 2. The van der Waals surface area contributed by atoms with Crippen LogP contribution in [0.3, 0.4) is 0 Å². The van der Waals surface area contributed by atoms with Gasteiger partial charge in [0.25, 0.3) is 0 Å². The zero-order valence-corrected chi connectivity index (χ0v) is 8.40. The molecule has 2 heteroatoms. The molecule has 4 rings (SSSR count). The highest BCUT2D eigenvalue weighted by Crippen LogP contribution is 2.26. The number of fused-ring (bicyclic) bond motifs is 2. The predicted octanol–water partition coefficient (Wildman–Crippen LogP) is 2.38. The summed E-state index contributed by atoms with van der Waals surface area (Å²) >= 11 is 0. The summed E-state index contributed by atoms with van der Waals surface area (Å²) in [5, 5.41) is 0. The molecule has 0 radical (unpaired) electrons. The molecule has 0 aromatic heterocycles. The molecule has 0 fully saturated rings. The van der Waals surface area contributed by atoms with E-state index >= 15 is 0 Å². The van der Waals surface area contributed by atoms with Gasteiger partial charge in [-0.2, -0.15) is 0 Å². The second kappa shape index (κ2) is 3.51. The van der Waals surface area contributed by atoms with Crippen molar-refractivity contribution in [2.75, 3.05) is 0 Å². The number of hydrogen-bond donors (Lipinski definition) is 0. The summed E-state index contributed by atoms with van der Waals surface area (Å²) in [6, 6.07) is 7.83. The lowest BCUT2D eigenvalue weighted by Gasteiger charge is -2.19. The highest BCUT2D eigenvalue weighted by atomic mass is 16.5. The minimum absolute atomic E-state index is 0.173. The van der Waals surface area contributed by atoms with Crippen LogP contribution >= 0.6 is 0 Å². The monoisotopic (exact) mass is 200 g/mol. The van der Waals surface area contributed by atoms with Crippen molar-refractivity contribution < 1.29 is 9.47 Å². The molecule has 15 heavy (non-hydrogen) atoms. The van der Waals surface area contributed by atoms with Gasteiger partial charge in [-0.25, -0.2) is 0 Å². The van der Waals surface area contributed by atoms with Gasteiger partial charge in [0, 0.05) is 19.3 Å². The van der Waals surface area contributed by atoms with E-state index in [0.29, 0.717) is 0 Å². The Morgan fingerprint density at radius 1 is 0.867 bits per heavy atom. The van der Waals surface area contributed by atoms with E-state index in [-0.39, 0.29) is 12.2 Å². The first kappa shape index (κ1) is 8.67. The Kier molecular flexibility index (Phi) is 2.03. The van der Waals surface area contributed by atoms with Gasteiger partial charge in [-0.15, -0.1) is 0 Å². The fourth-order valence-electron chi connectivity index (χ4n) is 1.99. The van der Waals surface area contributed by atoms with Crippen LogP contribution in [0.25, 0.3) is 0 Å². The maximum absolute atomic E-state index is 5.86. The molecule has 2 heterocycles. The Morgan fingerprint density at radius 2 is 1.33 bits per heavy atom. The highest BCUT2D eigenvalue weighted by Gasteiger charge is 2.22. The Balaban J connectivity index is 1.96. The molecule has 76 valence electrons. The van der Waals surface area contributed by atoms with Crippen molar-refractivity contribution >= 4 is 0 Å². The molecule has 1 aliphatic carbocycles. The lowest BCUT2D eigenvalue weighted by atomic mass is 10.1. The third-order valence-corrected chi connectivity index (χ3v) is 2.74. The van der Waals surface area contributed by atoms with Crippen LogP contribution < -0.4 is 9.47 Å². The normalized spacial score (nSPS) is 26.9. The molecule has 0 saturated heterocycles. The maximum Gasteiger partial charge on any atom is 0.120 e. The van der Waals surface area contributed by atoms with Crippen molar-refractivity contribution in [2.24, 2.45) is 0 Å². The molecule has 0 spiro atoms. The van der Waals surface area contributed by atoms with Crippen molar-refractivity contribution in [2.45, 2.75) is 31.5 Å². The molecule has 0 N–H and O–H groups in total. The van der Waals surface area contributed by atoms with Crippen LogP contribution in [0, 0.1) is 11.8 Å². The van der Waals surface area contributed by atoms with Crippen LogP contribution in [0.1, 0.15) is 19.3 Å². The minimum atomic E-state index is 0.173. The standard InChI is InChI=1S/C13H12O2/c1-2-4-13-9-12(3-1)14-10-5-7-11(15-13)8-6-10/h5-8,12-13H,3-4,9H2/t12-,13+. The molecular weight excluding hydrogens is 188 g/mol. The van der Waals surface area contributed by atoms with Gasteiger partial charge in [-0.1, -0.05) is 11.8 Å². The lowest BCUT2D eigenvalue weighted by molar-refractivity contribution is 0.123. The lowest BCUT2D eigenvalue weighted by Crippen LogP contribution is -2.24. The molecule has 2 nitrogen and oxygen atoms in total. The second-order valence-electron chi connectivity index (χ2n) is 3.95. The molecule has 0 unspecified atom stereocenters. The largest absolute Gasteiger partial charge is 0.489 e. The van der Waals surface area contributed by atoms with Crippen molar-refractivity contribution in [3.63, 3.8) is 0 Å². The quantitative estimate of drug-likeness (QED) is 0.599. The zero-order chi connectivity index (χ0) is 10.1. The van der Waals surface area contributed by atoms with Gasteiger partial charge >= 0.3 is 0 Å². The first-order valence-corrected chi connectivity index (χ1v) is 5.29. The number of benzene rings is 1. The van der Waals surface area contributed by atoms with Gasteiger partial charge in [0.1, 0.15) is 23.7 Å². The summed E-state index contributed by atoms with van der Waals surface area (Å²) in [5.41, 5.74) is 0. The average Bonchev–Trinajstić information content (AvgIpc) is 2.37. The molecule has 1 aromatic carbocycles. The molecule has 4 bridgehead atoms. The maximum atomic E-state index is 5.86. The molecule has 3 aliphatic rings. The minimum Gasteiger partial charge on any atom is -0.489 e. The van der Waals surface area contributed by atoms with E-state index in [1.165, 1.54) is 0 Å². The van der Waals surface area contributed by atoms with Crippen LogP contribution in [0.4, 0.5) is 0 Å². The Hall–Kier alpha value is -1.62. The second-order valence-corrected chi connectivity index (χ2v) is 3.95. The van der Waals surface area contributed by atoms with Gasteiger partial charge in [0.05, 0.1) is 0 Å². The highest BCUT2D eigenvalue weighted by molar-refractivity contribution is 5.32. The van der Waals surface area contributed by atoms with Crippen molar-refractivity contribution in [1.29, 1.82) is 0 Å².